The molecule has 0 unspecified atom stereocenters. The van der Waals surface area contributed by atoms with Crippen LogP contribution in [0.1, 0.15) is 16.7 Å². The number of rotatable bonds is 4. The lowest BCUT2D eigenvalue weighted by Crippen LogP contribution is -1.96. The van der Waals surface area contributed by atoms with Crippen LogP contribution < -0.4 is 9.47 Å². The molecule has 0 aliphatic rings. The monoisotopic (exact) mass is 242 g/mol. The van der Waals surface area contributed by atoms with Crippen LogP contribution in [0.25, 0.3) is 0 Å². The van der Waals surface area contributed by atoms with Crippen LogP contribution in [-0.2, 0) is 6.61 Å². The Balaban J connectivity index is 2.01. The van der Waals surface area contributed by atoms with Gasteiger partial charge in [0.1, 0.15) is 18.1 Å². The number of benzene rings is 2. The van der Waals surface area contributed by atoms with Crippen molar-refractivity contribution in [3.8, 4) is 11.5 Å². The average molecular weight is 242 g/mol. The lowest BCUT2D eigenvalue weighted by atomic mass is 10.1. The van der Waals surface area contributed by atoms with Crippen molar-refractivity contribution in [3.05, 3.63) is 59.2 Å². The molecule has 0 radical (unpaired) electrons. The summed E-state index contributed by atoms with van der Waals surface area (Å²) in [6, 6.07) is 14.1. The first-order chi connectivity index (χ1) is 8.67. The number of ether oxygens (including phenoxy) is 2. The summed E-state index contributed by atoms with van der Waals surface area (Å²) in [7, 11) is 1.66. The second kappa shape index (κ2) is 5.58. The Morgan fingerprint density at radius 3 is 1.94 bits per heavy atom. The predicted molar refractivity (Wildman–Crippen MR) is 73.2 cm³/mol. The van der Waals surface area contributed by atoms with Gasteiger partial charge in [-0.3, -0.25) is 0 Å². The predicted octanol–water partition coefficient (Wildman–Crippen LogP) is 3.89. The maximum Gasteiger partial charge on any atom is 0.120 e. The molecule has 0 saturated carbocycles. The van der Waals surface area contributed by atoms with Gasteiger partial charge in [0, 0.05) is 0 Å². The minimum Gasteiger partial charge on any atom is -0.497 e. The second-order valence-electron chi connectivity index (χ2n) is 4.46. The molecular formula is C16H18O2. The quantitative estimate of drug-likeness (QED) is 0.809. The fourth-order valence-corrected chi connectivity index (χ4v) is 1.99. The molecule has 2 nitrogen and oxygen atoms in total. The van der Waals surface area contributed by atoms with E-state index in [4.69, 9.17) is 9.47 Å². The lowest BCUT2D eigenvalue weighted by molar-refractivity contribution is 0.305. The van der Waals surface area contributed by atoms with Crippen molar-refractivity contribution in [1.29, 1.82) is 0 Å². The van der Waals surface area contributed by atoms with E-state index in [1.165, 1.54) is 16.7 Å². The van der Waals surface area contributed by atoms with E-state index in [0.717, 1.165) is 11.5 Å². The summed E-state index contributed by atoms with van der Waals surface area (Å²) in [6.45, 7) is 4.79. The molecule has 2 rings (SSSR count). The SMILES string of the molecule is COc1ccc(OCc2cc(C)cc(C)c2)cc1. The van der Waals surface area contributed by atoms with Crippen molar-refractivity contribution in [1.82, 2.24) is 0 Å². The standard InChI is InChI=1S/C16H18O2/c1-12-8-13(2)10-14(9-12)11-18-16-6-4-15(17-3)5-7-16/h4-10H,11H2,1-3H3. The Labute approximate surface area is 108 Å². The fraction of sp³-hybridized carbons (Fsp3) is 0.250. The van der Waals surface area contributed by atoms with Crippen molar-refractivity contribution >= 4 is 0 Å². The molecule has 0 saturated heterocycles. The lowest BCUT2D eigenvalue weighted by Gasteiger charge is -2.08. The molecule has 0 aliphatic heterocycles. The average Bonchev–Trinajstić information content (AvgIpc) is 2.36. The second-order valence-corrected chi connectivity index (χ2v) is 4.46. The van der Waals surface area contributed by atoms with Gasteiger partial charge in [0.05, 0.1) is 7.11 Å². The van der Waals surface area contributed by atoms with Crippen molar-refractivity contribution in [2.75, 3.05) is 7.11 Å². The zero-order valence-electron chi connectivity index (χ0n) is 11.1. The van der Waals surface area contributed by atoms with E-state index in [1.54, 1.807) is 7.11 Å². The summed E-state index contributed by atoms with van der Waals surface area (Å²) in [6.07, 6.45) is 0. The Bertz CT molecular complexity index is 495. The summed E-state index contributed by atoms with van der Waals surface area (Å²) < 4.78 is 10.9. The molecule has 94 valence electrons. The van der Waals surface area contributed by atoms with Crippen molar-refractivity contribution in [3.63, 3.8) is 0 Å². The topological polar surface area (TPSA) is 18.5 Å². The number of hydrogen-bond acceptors (Lipinski definition) is 2. The molecule has 0 bridgehead atoms. The van der Waals surface area contributed by atoms with Gasteiger partial charge >= 0.3 is 0 Å². The summed E-state index contributed by atoms with van der Waals surface area (Å²) in [5, 5.41) is 0. The first-order valence-electron chi connectivity index (χ1n) is 6.01. The van der Waals surface area contributed by atoms with E-state index in [-0.39, 0.29) is 0 Å². The van der Waals surface area contributed by atoms with E-state index >= 15 is 0 Å². The maximum atomic E-state index is 5.75. The van der Waals surface area contributed by atoms with Crippen LogP contribution in [0.5, 0.6) is 11.5 Å². The van der Waals surface area contributed by atoms with E-state index in [2.05, 4.69) is 32.0 Å². The van der Waals surface area contributed by atoms with Gasteiger partial charge in [0.25, 0.3) is 0 Å². The van der Waals surface area contributed by atoms with Crippen LogP contribution in [0.2, 0.25) is 0 Å². The third kappa shape index (κ3) is 3.27. The van der Waals surface area contributed by atoms with Gasteiger partial charge in [0.15, 0.2) is 0 Å². The molecule has 0 N–H and O–H groups in total. The van der Waals surface area contributed by atoms with Crippen LogP contribution in [-0.4, -0.2) is 7.11 Å². The van der Waals surface area contributed by atoms with Crippen molar-refractivity contribution in [2.24, 2.45) is 0 Å². The van der Waals surface area contributed by atoms with Gasteiger partial charge in [-0.15, -0.1) is 0 Å². The highest BCUT2D eigenvalue weighted by Gasteiger charge is 1.99. The molecule has 0 aromatic heterocycles. The maximum absolute atomic E-state index is 5.75. The Morgan fingerprint density at radius 1 is 0.833 bits per heavy atom. The third-order valence-corrected chi connectivity index (χ3v) is 2.75. The summed E-state index contributed by atoms with van der Waals surface area (Å²) in [5.74, 6) is 1.70. The highest BCUT2D eigenvalue weighted by molar-refractivity contribution is 5.32. The first kappa shape index (κ1) is 12.5. The van der Waals surface area contributed by atoms with Crippen LogP contribution in [0.3, 0.4) is 0 Å². The molecule has 2 aromatic rings. The summed E-state index contributed by atoms with van der Waals surface area (Å²) in [4.78, 5) is 0. The molecule has 18 heavy (non-hydrogen) atoms. The van der Waals surface area contributed by atoms with Gasteiger partial charge < -0.3 is 9.47 Å². The summed E-state index contributed by atoms with van der Waals surface area (Å²) >= 11 is 0. The van der Waals surface area contributed by atoms with Crippen LogP contribution in [0, 0.1) is 13.8 Å². The Kier molecular flexibility index (Phi) is 3.88. The minimum atomic E-state index is 0.592. The van der Waals surface area contributed by atoms with E-state index in [9.17, 15) is 0 Å². The molecule has 2 heteroatoms. The van der Waals surface area contributed by atoms with Crippen molar-refractivity contribution < 1.29 is 9.47 Å². The number of methoxy groups -OCH3 is 1. The molecule has 0 atom stereocenters. The summed E-state index contributed by atoms with van der Waals surface area (Å²) in [5.41, 5.74) is 3.73. The normalized spacial score (nSPS) is 10.2. The third-order valence-electron chi connectivity index (χ3n) is 2.75. The van der Waals surface area contributed by atoms with Crippen LogP contribution >= 0.6 is 0 Å². The van der Waals surface area contributed by atoms with E-state index in [0.29, 0.717) is 6.61 Å². The number of aryl methyl sites for hydroxylation is 2. The fourth-order valence-electron chi connectivity index (χ4n) is 1.99. The highest BCUT2D eigenvalue weighted by atomic mass is 16.5. The van der Waals surface area contributed by atoms with Gasteiger partial charge in [0.2, 0.25) is 0 Å². The van der Waals surface area contributed by atoms with Gasteiger partial charge in [-0.25, -0.2) is 0 Å². The molecule has 0 amide bonds. The molecule has 0 heterocycles. The zero-order chi connectivity index (χ0) is 13.0. The van der Waals surface area contributed by atoms with Crippen LogP contribution in [0.15, 0.2) is 42.5 Å². The van der Waals surface area contributed by atoms with Gasteiger partial charge in [-0.2, -0.15) is 0 Å². The Morgan fingerprint density at radius 2 is 1.39 bits per heavy atom. The van der Waals surface area contributed by atoms with Gasteiger partial charge in [-0.05, 0) is 43.7 Å². The zero-order valence-corrected chi connectivity index (χ0v) is 11.1. The molecule has 0 aliphatic carbocycles. The van der Waals surface area contributed by atoms with Gasteiger partial charge in [-0.1, -0.05) is 29.3 Å². The highest BCUT2D eigenvalue weighted by Crippen LogP contribution is 2.18. The minimum absolute atomic E-state index is 0.592. The number of hydrogen-bond donors (Lipinski definition) is 0. The molecule has 2 aromatic carbocycles. The molecular weight excluding hydrogens is 224 g/mol. The van der Waals surface area contributed by atoms with Crippen molar-refractivity contribution in [2.45, 2.75) is 20.5 Å². The molecule has 0 spiro atoms. The smallest absolute Gasteiger partial charge is 0.120 e. The van der Waals surface area contributed by atoms with E-state index in [1.807, 2.05) is 24.3 Å². The van der Waals surface area contributed by atoms with Crippen LogP contribution in [0.4, 0.5) is 0 Å². The van der Waals surface area contributed by atoms with E-state index < -0.39 is 0 Å². The first-order valence-corrected chi connectivity index (χ1v) is 6.01. The Hall–Kier alpha value is -1.96. The largest absolute Gasteiger partial charge is 0.497 e. The molecule has 0 fully saturated rings.